The van der Waals surface area contributed by atoms with Gasteiger partial charge in [-0.2, -0.15) is 11.8 Å². The molecule has 0 radical (unpaired) electrons. The van der Waals surface area contributed by atoms with E-state index in [9.17, 15) is 14.7 Å². The van der Waals surface area contributed by atoms with Crippen LogP contribution in [0, 0.1) is 6.92 Å². The normalized spacial score (nSPS) is 13.7. The number of amides is 1. The van der Waals surface area contributed by atoms with E-state index in [1.165, 1.54) is 0 Å². The van der Waals surface area contributed by atoms with Crippen molar-refractivity contribution >= 4 is 35.0 Å². The predicted molar refractivity (Wildman–Crippen MR) is 86.7 cm³/mol. The van der Waals surface area contributed by atoms with Crippen LogP contribution in [0.15, 0.2) is 5.38 Å². The van der Waals surface area contributed by atoms with Gasteiger partial charge in [-0.1, -0.05) is 13.3 Å². The molecule has 0 aliphatic carbocycles. The van der Waals surface area contributed by atoms with E-state index in [2.05, 4.69) is 10.3 Å². The third-order valence-corrected chi connectivity index (χ3v) is 4.84. The van der Waals surface area contributed by atoms with E-state index in [-0.39, 0.29) is 5.91 Å². The smallest absolute Gasteiger partial charge is 0.329 e. The maximum Gasteiger partial charge on any atom is 0.329 e. The number of nitrogens with zero attached hydrogens (tertiary/aromatic N) is 1. The maximum atomic E-state index is 11.9. The zero-order valence-electron chi connectivity index (χ0n) is 12.6. The molecular weight excluding hydrogens is 308 g/mol. The van der Waals surface area contributed by atoms with Crippen LogP contribution in [0.25, 0.3) is 0 Å². The van der Waals surface area contributed by atoms with Gasteiger partial charge in [-0.25, -0.2) is 9.78 Å². The molecule has 1 aromatic rings. The Morgan fingerprint density at radius 2 is 2.24 bits per heavy atom. The fraction of sp³-hybridized carbons (Fsp3) is 0.643. The molecule has 0 fully saturated rings. The Kier molecular flexibility index (Phi) is 7.17. The van der Waals surface area contributed by atoms with Crippen molar-refractivity contribution in [2.75, 3.05) is 5.75 Å². The van der Waals surface area contributed by atoms with Gasteiger partial charge in [0.2, 0.25) is 5.91 Å². The van der Waals surface area contributed by atoms with Crippen LogP contribution in [0.3, 0.4) is 0 Å². The van der Waals surface area contributed by atoms with Gasteiger partial charge in [0.15, 0.2) is 0 Å². The van der Waals surface area contributed by atoms with E-state index in [0.29, 0.717) is 25.0 Å². The molecule has 1 heterocycles. The molecule has 1 amide bonds. The van der Waals surface area contributed by atoms with Gasteiger partial charge in [0.25, 0.3) is 0 Å². The minimum absolute atomic E-state index is 0.213. The van der Waals surface area contributed by atoms with Crippen LogP contribution < -0.4 is 5.32 Å². The second kappa shape index (κ2) is 8.38. The van der Waals surface area contributed by atoms with Crippen LogP contribution in [0.4, 0.5) is 0 Å². The number of rotatable bonds is 9. The topological polar surface area (TPSA) is 79.3 Å². The number of hydrogen-bond acceptors (Lipinski definition) is 5. The molecule has 21 heavy (non-hydrogen) atoms. The molecule has 1 aromatic heterocycles. The summed E-state index contributed by atoms with van der Waals surface area (Å²) < 4.78 is 0. The van der Waals surface area contributed by atoms with Gasteiger partial charge in [-0.05, 0) is 20.3 Å². The van der Waals surface area contributed by atoms with Crippen LogP contribution >= 0.6 is 23.1 Å². The Balaban J connectivity index is 2.31. The fourth-order valence-corrected chi connectivity index (χ4v) is 3.46. The molecule has 0 saturated heterocycles. The van der Waals surface area contributed by atoms with E-state index >= 15 is 0 Å². The minimum atomic E-state index is -1.16. The van der Waals surface area contributed by atoms with Gasteiger partial charge in [-0.3, -0.25) is 4.79 Å². The van der Waals surface area contributed by atoms with Crippen LogP contribution in [0.2, 0.25) is 0 Å². The summed E-state index contributed by atoms with van der Waals surface area (Å²) in [5.41, 5.74) is -0.132. The lowest BCUT2D eigenvalue weighted by Gasteiger charge is -2.25. The van der Waals surface area contributed by atoms with Gasteiger partial charge in [0.1, 0.15) is 5.54 Å². The Labute approximate surface area is 133 Å². The van der Waals surface area contributed by atoms with Gasteiger partial charge in [0, 0.05) is 23.3 Å². The molecule has 1 unspecified atom stereocenters. The summed E-state index contributed by atoms with van der Waals surface area (Å²) in [5.74, 6) is 0.242. The average molecular weight is 330 g/mol. The van der Waals surface area contributed by atoms with Crippen LogP contribution in [0.1, 0.15) is 43.8 Å². The molecule has 7 heteroatoms. The zero-order valence-corrected chi connectivity index (χ0v) is 14.3. The van der Waals surface area contributed by atoms with Gasteiger partial charge in [-0.15, -0.1) is 11.3 Å². The van der Waals surface area contributed by atoms with Crippen molar-refractivity contribution < 1.29 is 14.7 Å². The predicted octanol–water partition coefficient (Wildman–Crippen LogP) is 2.83. The van der Waals surface area contributed by atoms with Crippen molar-refractivity contribution in [3.05, 3.63) is 16.1 Å². The number of carbonyl (C=O) groups is 2. The molecule has 1 rings (SSSR count). The summed E-state index contributed by atoms with van der Waals surface area (Å²) in [6, 6.07) is 0. The Morgan fingerprint density at radius 1 is 1.52 bits per heavy atom. The lowest BCUT2D eigenvalue weighted by atomic mass is 9.96. The van der Waals surface area contributed by atoms with Gasteiger partial charge < -0.3 is 10.4 Å². The third-order valence-electron chi connectivity index (χ3n) is 3.03. The number of aromatic nitrogens is 1. The first-order valence-electron chi connectivity index (χ1n) is 6.90. The molecule has 0 bridgehead atoms. The molecular formula is C14H22N2O3S2. The molecule has 0 aliphatic rings. The lowest BCUT2D eigenvalue weighted by molar-refractivity contribution is -0.147. The zero-order chi connectivity index (χ0) is 15.9. The number of aryl methyl sites for hydroxylation is 1. The third kappa shape index (κ3) is 6.05. The number of nitrogens with one attached hydrogen (secondary N) is 1. The van der Waals surface area contributed by atoms with E-state index in [1.807, 2.05) is 19.2 Å². The van der Waals surface area contributed by atoms with Crippen molar-refractivity contribution in [1.82, 2.24) is 10.3 Å². The van der Waals surface area contributed by atoms with Crippen molar-refractivity contribution in [1.29, 1.82) is 0 Å². The van der Waals surface area contributed by atoms with E-state index in [4.69, 9.17) is 0 Å². The number of carboxylic acids is 1. The molecule has 0 aromatic carbocycles. The highest BCUT2D eigenvalue weighted by Gasteiger charge is 2.33. The lowest BCUT2D eigenvalue weighted by Crippen LogP contribution is -2.52. The first kappa shape index (κ1) is 18.0. The molecule has 0 spiro atoms. The number of aliphatic carboxylic acids is 1. The molecule has 5 nitrogen and oxygen atoms in total. The maximum absolute atomic E-state index is 11.9. The summed E-state index contributed by atoms with van der Waals surface area (Å²) >= 11 is 3.25. The Bertz CT molecular complexity index is 490. The molecule has 118 valence electrons. The van der Waals surface area contributed by atoms with Gasteiger partial charge in [0.05, 0.1) is 10.7 Å². The summed E-state index contributed by atoms with van der Waals surface area (Å²) in [4.78, 5) is 27.4. The number of thioether (sulfide) groups is 1. The number of thiazole rings is 1. The standard InChI is InChI=1S/C14H22N2O3S2/c1-4-6-14(3,13(18)19)16-12(17)5-7-20-8-11-9-21-10(2)15-11/h9H,4-8H2,1-3H3,(H,16,17)(H,18,19). The Hall–Kier alpha value is -1.08. The Morgan fingerprint density at radius 3 is 2.76 bits per heavy atom. The second-order valence-corrected chi connectivity index (χ2v) is 7.26. The second-order valence-electron chi connectivity index (χ2n) is 5.10. The highest BCUT2D eigenvalue weighted by atomic mass is 32.2. The van der Waals surface area contributed by atoms with E-state index < -0.39 is 11.5 Å². The summed E-state index contributed by atoms with van der Waals surface area (Å²) in [6.45, 7) is 5.42. The number of carboxylic acid groups (broad SMARTS) is 1. The van der Waals surface area contributed by atoms with E-state index in [0.717, 1.165) is 16.5 Å². The minimum Gasteiger partial charge on any atom is -0.480 e. The molecule has 0 saturated carbocycles. The highest BCUT2D eigenvalue weighted by molar-refractivity contribution is 7.98. The van der Waals surface area contributed by atoms with Crippen molar-refractivity contribution in [2.24, 2.45) is 0 Å². The largest absolute Gasteiger partial charge is 0.480 e. The van der Waals surface area contributed by atoms with Crippen molar-refractivity contribution in [3.63, 3.8) is 0 Å². The first-order valence-corrected chi connectivity index (χ1v) is 8.94. The van der Waals surface area contributed by atoms with Crippen LogP contribution in [-0.4, -0.2) is 33.3 Å². The molecule has 2 N–H and O–H groups in total. The number of hydrogen-bond donors (Lipinski definition) is 2. The van der Waals surface area contributed by atoms with Crippen molar-refractivity contribution in [2.45, 2.75) is 51.3 Å². The van der Waals surface area contributed by atoms with Crippen molar-refractivity contribution in [3.8, 4) is 0 Å². The quantitative estimate of drug-likeness (QED) is 0.681. The molecule has 0 aliphatic heterocycles. The summed E-state index contributed by atoms with van der Waals surface area (Å²) in [6.07, 6.45) is 1.46. The summed E-state index contributed by atoms with van der Waals surface area (Å²) in [5, 5.41) is 14.9. The summed E-state index contributed by atoms with van der Waals surface area (Å²) in [7, 11) is 0. The monoisotopic (exact) mass is 330 g/mol. The number of carbonyl (C=O) groups excluding carboxylic acids is 1. The van der Waals surface area contributed by atoms with Crippen LogP contribution in [0.5, 0.6) is 0 Å². The van der Waals surface area contributed by atoms with Gasteiger partial charge >= 0.3 is 5.97 Å². The highest BCUT2D eigenvalue weighted by Crippen LogP contribution is 2.17. The molecule has 1 atom stereocenters. The average Bonchev–Trinajstić information content (AvgIpc) is 2.80. The van der Waals surface area contributed by atoms with E-state index in [1.54, 1.807) is 30.0 Å². The first-order chi connectivity index (χ1) is 9.87. The fourth-order valence-electron chi connectivity index (χ4n) is 1.91. The van der Waals surface area contributed by atoms with Crippen LogP contribution in [-0.2, 0) is 15.3 Å². The SMILES string of the molecule is CCCC(C)(NC(=O)CCSCc1csc(C)n1)C(=O)O.